The van der Waals surface area contributed by atoms with Gasteiger partial charge in [-0.3, -0.25) is 14.3 Å². The van der Waals surface area contributed by atoms with Crippen LogP contribution in [-0.2, 0) is 22.6 Å². The van der Waals surface area contributed by atoms with E-state index in [0.717, 1.165) is 10.0 Å². The number of nitrogens with zero attached hydrogens (tertiary/aromatic N) is 4. The number of amides is 2. The van der Waals surface area contributed by atoms with Crippen LogP contribution < -0.4 is 10.6 Å². The third-order valence-electron chi connectivity index (χ3n) is 4.58. The van der Waals surface area contributed by atoms with Crippen molar-refractivity contribution in [2.75, 3.05) is 6.54 Å². The molecule has 1 fully saturated rings. The van der Waals surface area contributed by atoms with E-state index in [0.29, 0.717) is 32.4 Å². The summed E-state index contributed by atoms with van der Waals surface area (Å²) in [5.41, 5.74) is 0. The van der Waals surface area contributed by atoms with E-state index in [1.165, 1.54) is 11.3 Å². The van der Waals surface area contributed by atoms with Gasteiger partial charge in [0.05, 0.1) is 12.1 Å². The molecule has 9 nitrogen and oxygen atoms in total. The lowest BCUT2D eigenvalue weighted by Crippen LogP contribution is -2.40. The number of nitrogens with one attached hydrogen (secondary N) is 2. The Kier molecular flexibility index (Phi) is 6.51. The molecule has 3 rings (SSSR count). The summed E-state index contributed by atoms with van der Waals surface area (Å²) in [6.45, 7) is 2.86. The van der Waals surface area contributed by atoms with Crippen LogP contribution in [-0.4, -0.2) is 55.6 Å². The van der Waals surface area contributed by atoms with E-state index in [1.807, 2.05) is 6.92 Å². The largest absolute Gasteiger partial charge is 0.391 e. The van der Waals surface area contributed by atoms with E-state index in [4.69, 9.17) is 0 Å². The Bertz CT molecular complexity index is 763. The van der Waals surface area contributed by atoms with Crippen LogP contribution in [0.25, 0.3) is 0 Å². The number of hydrogen-bond acceptors (Lipinski definition) is 7. The van der Waals surface area contributed by atoms with Crippen LogP contribution in [0.2, 0.25) is 0 Å². The standard InChI is InChI=1S/C17H24N6O3S/c1-11-21-22-16(27-11)3-6-18-17(26)12-9-13(14(24)10-12)20-15(25)4-8-23-7-2-5-19-23/h2,5,7,12-14,24H,3-4,6,8-10H2,1H3,(H,18,26)(H,20,25)/t12-,13+,14+/m0/s1. The van der Waals surface area contributed by atoms with Crippen molar-refractivity contribution in [3.8, 4) is 0 Å². The van der Waals surface area contributed by atoms with Crippen LogP contribution in [0.1, 0.15) is 29.3 Å². The fourth-order valence-corrected chi connectivity index (χ4v) is 3.90. The van der Waals surface area contributed by atoms with Gasteiger partial charge in [-0.1, -0.05) is 0 Å². The molecule has 0 aromatic carbocycles. The number of hydrogen-bond donors (Lipinski definition) is 3. The number of aliphatic hydroxyl groups is 1. The van der Waals surface area contributed by atoms with Gasteiger partial charge < -0.3 is 15.7 Å². The topological polar surface area (TPSA) is 122 Å². The van der Waals surface area contributed by atoms with Gasteiger partial charge in [0.2, 0.25) is 11.8 Å². The maximum Gasteiger partial charge on any atom is 0.223 e. The molecule has 0 saturated heterocycles. The van der Waals surface area contributed by atoms with Gasteiger partial charge in [-0.05, 0) is 25.8 Å². The summed E-state index contributed by atoms with van der Waals surface area (Å²) >= 11 is 1.52. The molecular weight excluding hydrogens is 368 g/mol. The van der Waals surface area contributed by atoms with E-state index in [1.54, 1.807) is 23.1 Å². The van der Waals surface area contributed by atoms with Gasteiger partial charge >= 0.3 is 0 Å². The molecule has 2 aromatic rings. The minimum absolute atomic E-state index is 0.0939. The van der Waals surface area contributed by atoms with E-state index < -0.39 is 12.1 Å². The summed E-state index contributed by atoms with van der Waals surface area (Å²) in [5, 5.41) is 29.7. The number of rotatable bonds is 8. The van der Waals surface area contributed by atoms with Crippen LogP contribution in [0.15, 0.2) is 18.5 Å². The molecule has 10 heteroatoms. The van der Waals surface area contributed by atoms with Crippen molar-refractivity contribution in [1.29, 1.82) is 0 Å². The molecule has 146 valence electrons. The third-order valence-corrected chi connectivity index (χ3v) is 5.48. The first-order valence-electron chi connectivity index (χ1n) is 9.03. The second-order valence-electron chi connectivity index (χ2n) is 6.68. The Morgan fingerprint density at radius 1 is 1.37 bits per heavy atom. The van der Waals surface area contributed by atoms with Crippen molar-refractivity contribution in [3.63, 3.8) is 0 Å². The molecular formula is C17H24N6O3S. The monoisotopic (exact) mass is 392 g/mol. The zero-order chi connectivity index (χ0) is 19.2. The average molecular weight is 392 g/mol. The van der Waals surface area contributed by atoms with Gasteiger partial charge in [0, 0.05) is 44.2 Å². The molecule has 1 aliphatic carbocycles. The van der Waals surface area contributed by atoms with Gasteiger partial charge in [-0.15, -0.1) is 21.5 Å². The fourth-order valence-electron chi connectivity index (χ4n) is 3.19. The van der Waals surface area contributed by atoms with E-state index in [-0.39, 0.29) is 24.2 Å². The summed E-state index contributed by atoms with van der Waals surface area (Å²) in [5.74, 6) is -0.543. The molecule has 0 spiro atoms. The van der Waals surface area contributed by atoms with Gasteiger partial charge in [-0.2, -0.15) is 5.10 Å². The molecule has 2 amide bonds. The predicted molar refractivity (Wildman–Crippen MR) is 98.9 cm³/mol. The van der Waals surface area contributed by atoms with Crippen molar-refractivity contribution in [1.82, 2.24) is 30.6 Å². The Morgan fingerprint density at radius 3 is 2.93 bits per heavy atom. The molecule has 1 saturated carbocycles. The summed E-state index contributed by atoms with van der Waals surface area (Å²) in [6, 6.07) is 1.41. The van der Waals surface area contributed by atoms with Gasteiger partial charge in [-0.25, -0.2) is 0 Å². The second-order valence-corrected chi connectivity index (χ2v) is 7.95. The van der Waals surface area contributed by atoms with Crippen molar-refractivity contribution < 1.29 is 14.7 Å². The minimum Gasteiger partial charge on any atom is -0.391 e. The first-order chi connectivity index (χ1) is 13.0. The maximum absolute atomic E-state index is 12.3. The van der Waals surface area contributed by atoms with Gasteiger partial charge in [0.25, 0.3) is 0 Å². The molecule has 0 aliphatic heterocycles. The highest BCUT2D eigenvalue weighted by atomic mass is 32.1. The van der Waals surface area contributed by atoms with Crippen LogP contribution in [0, 0.1) is 12.8 Å². The van der Waals surface area contributed by atoms with Crippen LogP contribution in [0.5, 0.6) is 0 Å². The Labute approximate surface area is 161 Å². The van der Waals surface area contributed by atoms with Crippen molar-refractivity contribution >= 4 is 23.2 Å². The SMILES string of the molecule is Cc1nnc(CCNC(=O)[C@@H]2C[C@@H](O)[C@H](NC(=O)CCn3cccn3)C2)s1. The maximum atomic E-state index is 12.3. The van der Waals surface area contributed by atoms with Crippen LogP contribution >= 0.6 is 11.3 Å². The van der Waals surface area contributed by atoms with E-state index in [9.17, 15) is 14.7 Å². The van der Waals surface area contributed by atoms with Crippen molar-refractivity contribution in [2.45, 2.75) is 51.3 Å². The van der Waals surface area contributed by atoms with Crippen molar-refractivity contribution in [2.24, 2.45) is 5.92 Å². The van der Waals surface area contributed by atoms with Gasteiger partial charge in [0.1, 0.15) is 10.0 Å². The average Bonchev–Trinajstić information content (AvgIpc) is 3.36. The molecule has 3 N–H and O–H groups in total. The Balaban J connectivity index is 1.38. The molecule has 27 heavy (non-hydrogen) atoms. The summed E-state index contributed by atoms with van der Waals surface area (Å²) in [4.78, 5) is 24.4. The van der Waals surface area contributed by atoms with Crippen LogP contribution in [0.3, 0.4) is 0 Å². The van der Waals surface area contributed by atoms with E-state index in [2.05, 4.69) is 25.9 Å². The van der Waals surface area contributed by atoms with Crippen LogP contribution in [0.4, 0.5) is 0 Å². The lowest BCUT2D eigenvalue weighted by Gasteiger charge is -2.16. The predicted octanol–water partition coefficient (Wildman–Crippen LogP) is 0.0477. The lowest BCUT2D eigenvalue weighted by atomic mass is 10.1. The number of aryl methyl sites for hydroxylation is 2. The number of carbonyl (C=O) groups excluding carboxylic acids is 2. The summed E-state index contributed by atoms with van der Waals surface area (Å²) < 4.78 is 1.68. The normalized spacial score (nSPS) is 21.9. The zero-order valence-electron chi connectivity index (χ0n) is 15.2. The molecule has 2 heterocycles. The third kappa shape index (κ3) is 5.57. The quantitative estimate of drug-likeness (QED) is 0.583. The first-order valence-corrected chi connectivity index (χ1v) is 9.84. The minimum atomic E-state index is -0.708. The Hall–Kier alpha value is -2.33. The summed E-state index contributed by atoms with van der Waals surface area (Å²) in [7, 11) is 0. The smallest absolute Gasteiger partial charge is 0.223 e. The molecule has 0 radical (unpaired) electrons. The number of aliphatic hydroxyl groups excluding tert-OH is 1. The lowest BCUT2D eigenvalue weighted by molar-refractivity contribution is -0.125. The fraction of sp³-hybridized carbons (Fsp3) is 0.588. The van der Waals surface area contributed by atoms with E-state index >= 15 is 0 Å². The molecule has 0 bridgehead atoms. The highest BCUT2D eigenvalue weighted by Crippen LogP contribution is 2.26. The number of carbonyl (C=O) groups is 2. The summed E-state index contributed by atoms with van der Waals surface area (Å²) in [6.07, 6.45) is 4.46. The number of aromatic nitrogens is 4. The Morgan fingerprint density at radius 2 is 2.22 bits per heavy atom. The van der Waals surface area contributed by atoms with Crippen molar-refractivity contribution in [3.05, 3.63) is 28.5 Å². The second kappa shape index (κ2) is 9.05. The molecule has 3 atom stereocenters. The zero-order valence-corrected chi connectivity index (χ0v) is 16.0. The highest BCUT2D eigenvalue weighted by molar-refractivity contribution is 7.11. The molecule has 0 unspecified atom stereocenters. The van der Waals surface area contributed by atoms with Gasteiger partial charge in [0.15, 0.2) is 0 Å². The molecule has 2 aromatic heterocycles. The molecule has 1 aliphatic rings. The first kappa shape index (κ1) is 19.4. The highest BCUT2D eigenvalue weighted by Gasteiger charge is 2.37.